The van der Waals surface area contributed by atoms with E-state index < -0.39 is 6.04 Å². The molecule has 1 saturated heterocycles. The van der Waals surface area contributed by atoms with Crippen LogP contribution >= 0.6 is 0 Å². The Morgan fingerprint density at radius 3 is 2.43 bits per heavy atom. The number of H-pyrrole nitrogens is 1. The molecule has 7 heteroatoms. The first-order valence-electron chi connectivity index (χ1n) is 9.76. The molecule has 0 radical (unpaired) electrons. The number of benzene rings is 1. The first-order valence-corrected chi connectivity index (χ1v) is 9.76. The lowest BCUT2D eigenvalue weighted by atomic mass is 9.94. The van der Waals surface area contributed by atoms with E-state index in [1.54, 1.807) is 4.90 Å². The second kappa shape index (κ2) is 8.56. The number of aromatic nitrogens is 2. The number of carbonyl (C=O) groups is 2. The number of nitrogens with one attached hydrogen (secondary N) is 2. The fraction of sp³-hybridized carbons (Fsp3) is 0.476. The van der Waals surface area contributed by atoms with E-state index in [2.05, 4.69) is 15.5 Å². The van der Waals surface area contributed by atoms with Gasteiger partial charge in [-0.1, -0.05) is 29.8 Å². The normalized spacial score (nSPS) is 16.1. The number of aromatic amines is 1. The van der Waals surface area contributed by atoms with Crippen LogP contribution in [-0.2, 0) is 16.1 Å². The Kier molecular flexibility index (Phi) is 6.14. The molecule has 7 nitrogen and oxygen atoms in total. The third-order valence-electron chi connectivity index (χ3n) is 5.53. The van der Waals surface area contributed by atoms with E-state index in [4.69, 9.17) is 5.73 Å². The van der Waals surface area contributed by atoms with Crippen LogP contribution in [0, 0.1) is 26.7 Å². The number of hydrogen-bond donors (Lipinski definition) is 3. The third-order valence-corrected chi connectivity index (χ3v) is 5.53. The zero-order valence-corrected chi connectivity index (χ0v) is 16.8. The van der Waals surface area contributed by atoms with Crippen molar-refractivity contribution in [3.63, 3.8) is 0 Å². The van der Waals surface area contributed by atoms with Gasteiger partial charge in [0.1, 0.15) is 6.04 Å². The van der Waals surface area contributed by atoms with Crippen LogP contribution in [0.3, 0.4) is 0 Å². The Bertz CT molecular complexity index is 815. The van der Waals surface area contributed by atoms with Crippen molar-refractivity contribution < 1.29 is 9.59 Å². The summed E-state index contributed by atoms with van der Waals surface area (Å²) < 4.78 is 0. The summed E-state index contributed by atoms with van der Waals surface area (Å²) >= 11 is 0. The van der Waals surface area contributed by atoms with Gasteiger partial charge in [0.05, 0.1) is 5.69 Å². The predicted molar refractivity (Wildman–Crippen MR) is 107 cm³/mol. The Hall–Kier alpha value is -2.67. The summed E-state index contributed by atoms with van der Waals surface area (Å²) in [5.41, 5.74) is 10.8. The van der Waals surface area contributed by atoms with Crippen LogP contribution in [0.5, 0.6) is 0 Å². The van der Waals surface area contributed by atoms with E-state index in [0.29, 0.717) is 32.5 Å². The van der Waals surface area contributed by atoms with Gasteiger partial charge in [0.15, 0.2) is 0 Å². The van der Waals surface area contributed by atoms with E-state index in [1.807, 2.05) is 45.0 Å². The molecule has 0 saturated carbocycles. The number of aryl methyl sites for hydroxylation is 3. The van der Waals surface area contributed by atoms with Crippen molar-refractivity contribution in [2.24, 2.45) is 11.7 Å². The van der Waals surface area contributed by atoms with Gasteiger partial charge in [-0.15, -0.1) is 0 Å². The van der Waals surface area contributed by atoms with Gasteiger partial charge in [-0.3, -0.25) is 14.7 Å². The number of nitrogens with two attached hydrogens (primary N) is 1. The maximum atomic E-state index is 12.8. The van der Waals surface area contributed by atoms with E-state index in [0.717, 1.165) is 22.5 Å². The molecule has 1 fully saturated rings. The Morgan fingerprint density at radius 1 is 1.21 bits per heavy atom. The van der Waals surface area contributed by atoms with Crippen molar-refractivity contribution in [3.8, 4) is 0 Å². The summed E-state index contributed by atoms with van der Waals surface area (Å²) in [5, 5.41) is 10.0. The van der Waals surface area contributed by atoms with Crippen molar-refractivity contribution >= 4 is 11.8 Å². The number of likely N-dealkylation sites (tertiary alicyclic amines) is 1. The van der Waals surface area contributed by atoms with Crippen molar-refractivity contribution in [3.05, 3.63) is 52.3 Å². The van der Waals surface area contributed by atoms with Gasteiger partial charge in [-0.05, 0) is 39.2 Å². The fourth-order valence-electron chi connectivity index (χ4n) is 3.74. The van der Waals surface area contributed by atoms with Crippen molar-refractivity contribution in [2.75, 3.05) is 13.1 Å². The summed E-state index contributed by atoms with van der Waals surface area (Å²) in [4.78, 5) is 27.0. The molecule has 1 unspecified atom stereocenters. The molecule has 1 atom stereocenters. The predicted octanol–water partition coefficient (Wildman–Crippen LogP) is 1.89. The molecule has 1 aliphatic heterocycles. The number of carbonyl (C=O) groups excluding carboxylic acids is 2. The summed E-state index contributed by atoms with van der Waals surface area (Å²) in [6.45, 7) is 7.38. The van der Waals surface area contributed by atoms with Gasteiger partial charge in [0, 0.05) is 36.8 Å². The topological polar surface area (TPSA) is 104 Å². The van der Waals surface area contributed by atoms with E-state index in [9.17, 15) is 9.59 Å². The molecule has 28 heavy (non-hydrogen) atoms. The lowest BCUT2D eigenvalue weighted by Gasteiger charge is -2.33. The summed E-state index contributed by atoms with van der Waals surface area (Å²) in [6.07, 6.45) is 1.31. The molecule has 1 aromatic carbocycles. The molecule has 3 rings (SSSR count). The van der Waals surface area contributed by atoms with Gasteiger partial charge in [-0.2, -0.15) is 5.10 Å². The molecule has 0 bridgehead atoms. The van der Waals surface area contributed by atoms with Gasteiger partial charge in [0.2, 0.25) is 11.8 Å². The van der Waals surface area contributed by atoms with Gasteiger partial charge in [0.25, 0.3) is 0 Å². The van der Waals surface area contributed by atoms with E-state index in [-0.39, 0.29) is 17.7 Å². The Morgan fingerprint density at radius 2 is 1.86 bits per heavy atom. The zero-order valence-electron chi connectivity index (χ0n) is 16.8. The molecule has 2 aromatic rings. The number of hydrogen-bond acceptors (Lipinski definition) is 4. The minimum Gasteiger partial charge on any atom is -0.352 e. The monoisotopic (exact) mass is 383 g/mol. The van der Waals surface area contributed by atoms with Crippen molar-refractivity contribution in [1.82, 2.24) is 20.4 Å². The van der Waals surface area contributed by atoms with Crippen LogP contribution in [0.15, 0.2) is 24.3 Å². The first-order chi connectivity index (χ1) is 13.4. The second-order valence-electron chi connectivity index (χ2n) is 7.63. The highest BCUT2D eigenvalue weighted by atomic mass is 16.2. The quantitative estimate of drug-likeness (QED) is 0.733. The van der Waals surface area contributed by atoms with Crippen LogP contribution in [0.2, 0.25) is 0 Å². The molecule has 2 amide bonds. The van der Waals surface area contributed by atoms with Gasteiger partial charge >= 0.3 is 0 Å². The molecule has 1 aromatic heterocycles. The average molecular weight is 383 g/mol. The largest absolute Gasteiger partial charge is 0.352 e. The number of nitrogens with zero attached hydrogens (tertiary/aromatic N) is 2. The highest BCUT2D eigenvalue weighted by Gasteiger charge is 2.31. The van der Waals surface area contributed by atoms with Crippen LogP contribution in [-0.4, -0.2) is 40.0 Å². The molecule has 2 heterocycles. The minimum absolute atomic E-state index is 0.0542. The van der Waals surface area contributed by atoms with Crippen molar-refractivity contribution in [2.45, 2.75) is 46.2 Å². The molecule has 150 valence electrons. The van der Waals surface area contributed by atoms with Crippen LogP contribution in [0.1, 0.15) is 47.0 Å². The van der Waals surface area contributed by atoms with E-state index >= 15 is 0 Å². The third kappa shape index (κ3) is 4.42. The lowest BCUT2D eigenvalue weighted by Crippen LogP contribution is -2.46. The second-order valence-corrected chi connectivity index (χ2v) is 7.63. The van der Waals surface area contributed by atoms with Gasteiger partial charge in [-0.25, -0.2) is 0 Å². The highest BCUT2D eigenvalue weighted by Crippen LogP contribution is 2.23. The number of amides is 2. The standard InChI is InChI=1S/C21H29N5O2/c1-13-4-6-16(7-5-13)12-23-20(27)17-8-10-26(11-9-17)21(28)19(22)18-14(2)24-25-15(18)3/h4-7,17,19H,8-12,22H2,1-3H3,(H,23,27)(H,24,25). The summed E-state index contributed by atoms with van der Waals surface area (Å²) in [5.74, 6) is -0.118. The maximum absolute atomic E-state index is 12.8. The van der Waals surface area contributed by atoms with Crippen LogP contribution < -0.4 is 11.1 Å². The van der Waals surface area contributed by atoms with Gasteiger partial charge < -0.3 is 16.0 Å². The summed E-state index contributed by atoms with van der Waals surface area (Å²) in [6, 6.07) is 7.41. The first kappa shape index (κ1) is 20.1. The number of piperidine rings is 1. The molecule has 4 N–H and O–H groups in total. The van der Waals surface area contributed by atoms with Crippen LogP contribution in [0.25, 0.3) is 0 Å². The SMILES string of the molecule is Cc1ccc(CNC(=O)C2CCN(C(=O)C(N)c3c(C)n[nH]c3C)CC2)cc1. The Labute approximate surface area is 165 Å². The lowest BCUT2D eigenvalue weighted by molar-refractivity contribution is -0.136. The molecule has 0 aliphatic carbocycles. The average Bonchev–Trinajstić information content (AvgIpc) is 3.04. The maximum Gasteiger partial charge on any atom is 0.244 e. The molecule has 1 aliphatic rings. The van der Waals surface area contributed by atoms with Crippen LogP contribution in [0.4, 0.5) is 0 Å². The highest BCUT2D eigenvalue weighted by molar-refractivity contribution is 5.84. The molecular weight excluding hydrogens is 354 g/mol. The Balaban J connectivity index is 1.50. The minimum atomic E-state index is -0.717. The molecule has 0 spiro atoms. The fourth-order valence-corrected chi connectivity index (χ4v) is 3.74. The van der Waals surface area contributed by atoms with Crippen molar-refractivity contribution in [1.29, 1.82) is 0 Å². The zero-order chi connectivity index (χ0) is 20.3. The number of rotatable bonds is 5. The smallest absolute Gasteiger partial charge is 0.244 e. The van der Waals surface area contributed by atoms with E-state index in [1.165, 1.54) is 5.56 Å². The summed E-state index contributed by atoms with van der Waals surface area (Å²) in [7, 11) is 0. The molecular formula is C21H29N5O2.